The van der Waals surface area contributed by atoms with E-state index in [2.05, 4.69) is 21.2 Å². The first kappa shape index (κ1) is 22.1. The first-order valence-corrected chi connectivity index (χ1v) is 10.8. The van der Waals surface area contributed by atoms with Gasteiger partial charge < -0.3 is 19.7 Å². The minimum absolute atomic E-state index is 0.179. The molecular formula is C22H25BrN2O5. The van der Waals surface area contributed by atoms with E-state index in [1.54, 1.807) is 13.0 Å². The second-order valence-electron chi connectivity index (χ2n) is 7.19. The van der Waals surface area contributed by atoms with E-state index < -0.39 is 12.0 Å². The molecule has 2 atom stereocenters. The van der Waals surface area contributed by atoms with Gasteiger partial charge in [-0.15, -0.1) is 0 Å². The molecule has 3 rings (SSSR count). The molecule has 2 amide bonds. The smallest absolute Gasteiger partial charge is 0.308 e. The van der Waals surface area contributed by atoms with Gasteiger partial charge in [0.1, 0.15) is 11.8 Å². The predicted octanol–water partition coefficient (Wildman–Crippen LogP) is 3.04. The molecular weight excluding hydrogens is 452 g/mol. The maximum absolute atomic E-state index is 12.8. The summed E-state index contributed by atoms with van der Waals surface area (Å²) in [6.45, 7) is 4.11. The van der Waals surface area contributed by atoms with Crippen molar-refractivity contribution in [3.8, 4) is 5.75 Å². The number of rotatable bonds is 7. The molecule has 0 aromatic heterocycles. The molecule has 0 aliphatic carbocycles. The van der Waals surface area contributed by atoms with Crippen molar-refractivity contribution < 1.29 is 23.9 Å². The third-order valence-corrected chi connectivity index (χ3v) is 5.92. The lowest BCUT2D eigenvalue weighted by Gasteiger charge is -2.34. The molecule has 1 N–H and O–H groups in total. The summed E-state index contributed by atoms with van der Waals surface area (Å²) in [5.74, 6) is -0.674. The molecule has 0 saturated carbocycles. The zero-order valence-corrected chi connectivity index (χ0v) is 18.6. The minimum atomic E-state index is -0.897. The van der Waals surface area contributed by atoms with Crippen LogP contribution in [0.25, 0.3) is 10.8 Å². The standard InChI is InChI=1S/C22H25BrN2O5/c1-3-14(2)30-20(27)12-17-22(28)24-10-11-25(17)19(26)13-29-18-9-8-15-6-4-5-7-16(15)21(18)23/h4-9,14,17H,3,10-13H2,1-2H3,(H,24,28). The van der Waals surface area contributed by atoms with Crippen LogP contribution >= 0.6 is 15.9 Å². The van der Waals surface area contributed by atoms with Crippen LogP contribution in [0.2, 0.25) is 0 Å². The second-order valence-corrected chi connectivity index (χ2v) is 7.99. The van der Waals surface area contributed by atoms with E-state index in [-0.39, 0.29) is 30.9 Å². The van der Waals surface area contributed by atoms with Gasteiger partial charge in [0.25, 0.3) is 5.91 Å². The molecule has 1 aliphatic heterocycles. The lowest BCUT2D eigenvalue weighted by atomic mass is 10.1. The number of fused-ring (bicyclic) bond motifs is 1. The number of piperazine rings is 1. The third kappa shape index (κ3) is 5.11. The molecule has 0 bridgehead atoms. The summed E-state index contributed by atoms with van der Waals surface area (Å²) >= 11 is 3.54. The molecule has 0 spiro atoms. The fourth-order valence-corrected chi connectivity index (χ4v) is 3.89. The number of carbonyl (C=O) groups is 3. The lowest BCUT2D eigenvalue weighted by Crippen LogP contribution is -2.58. The van der Waals surface area contributed by atoms with Crippen LogP contribution in [0, 0.1) is 0 Å². The average molecular weight is 477 g/mol. The Kier molecular flexibility index (Phi) is 7.31. The molecule has 1 heterocycles. The fourth-order valence-electron chi connectivity index (χ4n) is 3.28. The molecule has 2 aromatic carbocycles. The van der Waals surface area contributed by atoms with Crippen LogP contribution in [0.4, 0.5) is 0 Å². The van der Waals surface area contributed by atoms with E-state index >= 15 is 0 Å². The Hall–Kier alpha value is -2.61. The van der Waals surface area contributed by atoms with Gasteiger partial charge in [-0.3, -0.25) is 14.4 Å². The number of esters is 1. The van der Waals surface area contributed by atoms with Crippen molar-refractivity contribution in [2.75, 3.05) is 19.7 Å². The molecule has 7 nitrogen and oxygen atoms in total. The van der Waals surface area contributed by atoms with Crippen molar-refractivity contribution in [2.24, 2.45) is 0 Å². The maximum atomic E-state index is 12.8. The highest BCUT2D eigenvalue weighted by Gasteiger charge is 2.35. The quantitative estimate of drug-likeness (QED) is 0.620. The number of nitrogens with one attached hydrogen (secondary N) is 1. The van der Waals surface area contributed by atoms with Crippen molar-refractivity contribution in [2.45, 2.75) is 38.8 Å². The highest BCUT2D eigenvalue weighted by molar-refractivity contribution is 9.10. The minimum Gasteiger partial charge on any atom is -0.483 e. The van der Waals surface area contributed by atoms with Gasteiger partial charge >= 0.3 is 5.97 Å². The summed E-state index contributed by atoms with van der Waals surface area (Å²) in [6.07, 6.45) is 0.267. The van der Waals surface area contributed by atoms with Gasteiger partial charge in [0.2, 0.25) is 5.91 Å². The first-order chi connectivity index (χ1) is 14.4. The molecule has 2 aromatic rings. The molecule has 1 saturated heterocycles. The Morgan fingerprint density at radius 2 is 2.03 bits per heavy atom. The van der Waals surface area contributed by atoms with E-state index in [0.717, 1.165) is 15.2 Å². The number of hydrogen-bond acceptors (Lipinski definition) is 5. The Bertz CT molecular complexity index is 948. The zero-order valence-electron chi connectivity index (χ0n) is 17.0. The Morgan fingerprint density at radius 3 is 2.80 bits per heavy atom. The van der Waals surface area contributed by atoms with E-state index in [4.69, 9.17) is 9.47 Å². The van der Waals surface area contributed by atoms with Crippen LogP contribution in [0.15, 0.2) is 40.9 Å². The summed E-state index contributed by atoms with van der Waals surface area (Å²) in [5.41, 5.74) is 0. The van der Waals surface area contributed by atoms with Crippen LogP contribution in [-0.4, -0.2) is 54.5 Å². The summed E-state index contributed by atoms with van der Waals surface area (Å²) in [5, 5.41) is 4.73. The molecule has 30 heavy (non-hydrogen) atoms. The maximum Gasteiger partial charge on any atom is 0.308 e. The topological polar surface area (TPSA) is 84.9 Å². The second kappa shape index (κ2) is 9.93. The van der Waals surface area contributed by atoms with Crippen LogP contribution < -0.4 is 10.1 Å². The van der Waals surface area contributed by atoms with Gasteiger partial charge in [0.15, 0.2) is 6.61 Å². The third-order valence-electron chi connectivity index (χ3n) is 5.10. The van der Waals surface area contributed by atoms with E-state index in [9.17, 15) is 14.4 Å². The summed E-state index contributed by atoms with van der Waals surface area (Å²) in [6, 6.07) is 10.6. The van der Waals surface area contributed by atoms with Crippen LogP contribution in [-0.2, 0) is 19.1 Å². The van der Waals surface area contributed by atoms with Crippen molar-refractivity contribution in [1.29, 1.82) is 0 Å². The number of benzene rings is 2. The molecule has 160 valence electrons. The normalized spacial score (nSPS) is 17.4. The fraction of sp³-hybridized carbons (Fsp3) is 0.409. The van der Waals surface area contributed by atoms with Gasteiger partial charge in [0, 0.05) is 13.1 Å². The Balaban J connectivity index is 1.67. The molecule has 2 unspecified atom stereocenters. The predicted molar refractivity (Wildman–Crippen MR) is 116 cm³/mol. The summed E-state index contributed by atoms with van der Waals surface area (Å²) < 4.78 is 11.8. The Morgan fingerprint density at radius 1 is 1.27 bits per heavy atom. The van der Waals surface area contributed by atoms with Gasteiger partial charge in [-0.1, -0.05) is 37.3 Å². The largest absolute Gasteiger partial charge is 0.483 e. The summed E-state index contributed by atoms with van der Waals surface area (Å²) in [4.78, 5) is 38.7. The van der Waals surface area contributed by atoms with E-state index in [1.165, 1.54) is 4.90 Å². The molecule has 1 fully saturated rings. The van der Waals surface area contributed by atoms with Gasteiger partial charge in [-0.05, 0) is 46.1 Å². The molecule has 1 aliphatic rings. The average Bonchev–Trinajstić information content (AvgIpc) is 2.74. The number of ether oxygens (including phenoxy) is 2. The van der Waals surface area contributed by atoms with Gasteiger partial charge in [0.05, 0.1) is 17.0 Å². The van der Waals surface area contributed by atoms with E-state index in [0.29, 0.717) is 25.3 Å². The molecule has 8 heteroatoms. The van der Waals surface area contributed by atoms with Crippen LogP contribution in [0.3, 0.4) is 0 Å². The number of nitrogens with zero attached hydrogens (tertiary/aromatic N) is 1. The van der Waals surface area contributed by atoms with E-state index in [1.807, 2.05) is 37.3 Å². The van der Waals surface area contributed by atoms with Crippen LogP contribution in [0.5, 0.6) is 5.75 Å². The lowest BCUT2D eigenvalue weighted by molar-refractivity contribution is -0.155. The van der Waals surface area contributed by atoms with Crippen molar-refractivity contribution >= 4 is 44.5 Å². The zero-order chi connectivity index (χ0) is 21.7. The van der Waals surface area contributed by atoms with Gasteiger partial charge in [-0.25, -0.2) is 0 Å². The first-order valence-electron chi connectivity index (χ1n) is 9.97. The van der Waals surface area contributed by atoms with Crippen molar-refractivity contribution in [1.82, 2.24) is 10.2 Å². The SMILES string of the molecule is CCC(C)OC(=O)CC1C(=O)NCCN1C(=O)COc1ccc2ccccc2c1Br. The molecule has 0 radical (unpaired) electrons. The number of hydrogen-bond donors (Lipinski definition) is 1. The number of halogens is 1. The van der Waals surface area contributed by atoms with Gasteiger partial charge in [-0.2, -0.15) is 0 Å². The number of amides is 2. The Labute approximate surface area is 183 Å². The monoisotopic (exact) mass is 476 g/mol. The van der Waals surface area contributed by atoms with Crippen LogP contribution in [0.1, 0.15) is 26.7 Å². The highest BCUT2D eigenvalue weighted by Crippen LogP contribution is 2.33. The summed E-state index contributed by atoms with van der Waals surface area (Å²) in [7, 11) is 0. The van der Waals surface area contributed by atoms with Crippen molar-refractivity contribution in [3.05, 3.63) is 40.9 Å². The highest BCUT2D eigenvalue weighted by atomic mass is 79.9. The van der Waals surface area contributed by atoms with Crippen molar-refractivity contribution in [3.63, 3.8) is 0 Å². The number of carbonyl (C=O) groups excluding carboxylic acids is 3.